The summed E-state index contributed by atoms with van der Waals surface area (Å²) in [6.45, 7) is 1.96. The van der Waals surface area contributed by atoms with Crippen LogP contribution >= 0.6 is 0 Å². The minimum Gasteiger partial charge on any atom is -0.309 e. The Morgan fingerprint density at radius 1 is 0.827 bits per heavy atom. The first-order chi connectivity index (χ1) is 25.6. The molecule has 5 nitrogen and oxygen atoms in total. The zero-order valence-electron chi connectivity index (χ0n) is 28.5. The molecule has 2 aliphatic rings. The summed E-state index contributed by atoms with van der Waals surface area (Å²) in [4.78, 5) is 0. The third-order valence-electron chi connectivity index (χ3n) is 9.96. The molecule has 1 atom stereocenters. The van der Waals surface area contributed by atoms with Crippen LogP contribution in [0.1, 0.15) is 47.0 Å². The van der Waals surface area contributed by atoms with Gasteiger partial charge in [-0.1, -0.05) is 103 Å². The number of hydrogen-bond donors (Lipinski definition) is 0. The molecule has 244 valence electrons. The Morgan fingerprint density at radius 3 is 2.42 bits per heavy atom. The average molecular weight is 666 g/mol. The summed E-state index contributed by atoms with van der Waals surface area (Å²) < 4.78 is 4.23. The van der Waals surface area contributed by atoms with Gasteiger partial charge in [-0.05, 0) is 72.0 Å². The molecule has 4 aromatic carbocycles. The smallest absolute Gasteiger partial charge is 0.105 e. The Hall–Kier alpha value is -7.31. The van der Waals surface area contributed by atoms with Gasteiger partial charge in [0.1, 0.15) is 11.8 Å². The highest BCUT2D eigenvalue weighted by Crippen LogP contribution is 2.40. The molecule has 0 N–H and O–H groups in total. The minimum absolute atomic E-state index is 0.189. The van der Waals surface area contributed by atoms with Gasteiger partial charge >= 0.3 is 0 Å². The van der Waals surface area contributed by atoms with E-state index in [0.29, 0.717) is 29.7 Å². The molecular formula is C47H31N5. The standard InChI is InChI=1S/C47H31N5/c1-3-12-38-40-20-11-17-36(30-50)47(40)52(42(38)4-2)43-21-7-5-18-37(43)34-15-9-13-32(26-34)33-14-10-16-35(29-49)46(27-33)51-44-22-8-6-19-39(44)41-25-31(28-48)23-24-45(41)51/h2-3,5-15,17-24,26-27,31H,16,25H2,1H3/b12-3-. The van der Waals surface area contributed by atoms with Crippen LogP contribution in [0.3, 0.4) is 0 Å². The second kappa shape index (κ2) is 13.2. The quantitative estimate of drug-likeness (QED) is 0.172. The fourth-order valence-corrected chi connectivity index (χ4v) is 7.68. The molecule has 5 heteroatoms. The van der Waals surface area contributed by atoms with Crippen molar-refractivity contribution in [2.24, 2.45) is 5.92 Å². The Morgan fingerprint density at radius 2 is 1.62 bits per heavy atom. The van der Waals surface area contributed by atoms with Crippen molar-refractivity contribution in [3.63, 3.8) is 0 Å². The second-order valence-electron chi connectivity index (χ2n) is 12.9. The molecule has 2 aliphatic carbocycles. The van der Waals surface area contributed by atoms with Crippen LogP contribution in [0.15, 0.2) is 127 Å². The van der Waals surface area contributed by atoms with Gasteiger partial charge in [0.2, 0.25) is 0 Å². The van der Waals surface area contributed by atoms with Gasteiger partial charge in [-0.3, -0.25) is 0 Å². The highest BCUT2D eigenvalue weighted by molar-refractivity contribution is 5.99. The first-order valence-electron chi connectivity index (χ1n) is 17.2. The topological polar surface area (TPSA) is 81.2 Å². The maximum atomic E-state index is 10.4. The van der Waals surface area contributed by atoms with Gasteiger partial charge in [0.25, 0.3) is 0 Å². The molecule has 0 radical (unpaired) electrons. The fraction of sp³-hybridized carbons (Fsp3) is 0.0851. The number of benzene rings is 4. The second-order valence-corrected chi connectivity index (χ2v) is 12.9. The van der Waals surface area contributed by atoms with Gasteiger partial charge in [0.05, 0.1) is 51.6 Å². The molecule has 0 amide bonds. The van der Waals surface area contributed by atoms with E-state index in [1.807, 2.05) is 84.3 Å². The van der Waals surface area contributed by atoms with Gasteiger partial charge in [0.15, 0.2) is 0 Å². The van der Waals surface area contributed by atoms with Crippen LogP contribution in [-0.2, 0) is 6.42 Å². The molecule has 2 heterocycles. The van der Waals surface area contributed by atoms with E-state index in [1.54, 1.807) is 0 Å². The molecule has 2 aromatic heterocycles. The van der Waals surface area contributed by atoms with E-state index in [1.165, 1.54) is 0 Å². The summed E-state index contributed by atoms with van der Waals surface area (Å²) in [7, 11) is 0. The maximum absolute atomic E-state index is 10.4. The number of nitriles is 3. The monoisotopic (exact) mass is 665 g/mol. The number of aromatic nitrogens is 2. The van der Waals surface area contributed by atoms with Crippen molar-refractivity contribution in [3.8, 4) is 47.4 Å². The van der Waals surface area contributed by atoms with Crippen molar-refractivity contribution in [1.29, 1.82) is 15.8 Å². The number of para-hydroxylation sites is 3. The van der Waals surface area contributed by atoms with E-state index in [2.05, 4.69) is 89.4 Å². The number of nitrogens with zero attached hydrogens (tertiary/aromatic N) is 5. The zero-order valence-corrected chi connectivity index (χ0v) is 28.5. The SMILES string of the molecule is C#Cc1c(/C=C\C)c2cccc(C#N)c2n1-c1ccccc1-c1cccc(C2=CC(n3c4c(c5ccccc53)CC(C#N)C=C4)=C(C#N)CC=C2)c1. The van der Waals surface area contributed by atoms with E-state index >= 15 is 0 Å². The van der Waals surface area contributed by atoms with E-state index in [-0.39, 0.29) is 5.92 Å². The molecule has 0 fully saturated rings. The highest BCUT2D eigenvalue weighted by Gasteiger charge is 2.25. The van der Waals surface area contributed by atoms with E-state index in [9.17, 15) is 15.8 Å². The lowest BCUT2D eigenvalue weighted by Gasteiger charge is -2.17. The van der Waals surface area contributed by atoms with E-state index < -0.39 is 0 Å². The number of hydrogen-bond acceptors (Lipinski definition) is 3. The van der Waals surface area contributed by atoms with Crippen molar-refractivity contribution < 1.29 is 0 Å². The van der Waals surface area contributed by atoms with Gasteiger partial charge in [-0.2, -0.15) is 15.8 Å². The van der Waals surface area contributed by atoms with Gasteiger partial charge in [-0.15, -0.1) is 6.42 Å². The van der Waals surface area contributed by atoms with Gasteiger partial charge in [-0.25, -0.2) is 0 Å². The molecule has 0 bridgehead atoms. The lowest BCUT2D eigenvalue weighted by molar-refractivity contribution is 0.810. The first kappa shape index (κ1) is 31.9. The Bertz CT molecular complexity index is 2800. The average Bonchev–Trinajstić information content (AvgIpc) is 3.60. The molecule has 0 saturated heterocycles. The zero-order chi connectivity index (χ0) is 35.8. The number of fused-ring (bicyclic) bond motifs is 4. The maximum Gasteiger partial charge on any atom is 0.105 e. The molecule has 1 unspecified atom stereocenters. The molecule has 6 aromatic rings. The molecule has 52 heavy (non-hydrogen) atoms. The Balaban J connectivity index is 1.31. The van der Waals surface area contributed by atoms with Crippen LogP contribution in [0.5, 0.6) is 0 Å². The molecular weight excluding hydrogens is 635 g/mol. The van der Waals surface area contributed by atoms with Crippen LogP contribution < -0.4 is 0 Å². The van der Waals surface area contributed by atoms with Crippen LogP contribution in [0.4, 0.5) is 0 Å². The molecule has 0 spiro atoms. The Kier molecular flexibility index (Phi) is 8.10. The summed E-state index contributed by atoms with van der Waals surface area (Å²) in [5.41, 5.74) is 12.3. The summed E-state index contributed by atoms with van der Waals surface area (Å²) in [5.74, 6) is 2.75. The first-order valence-corrected chi connectivity index (χ1v) is 17.2. The predicted octanol–water partition coefficient (Wildman–Crippen LogP) is 10.6. The summed E-state index contributed by atoms with van der Waals surface area (Å²) in [6, 6.07) is 37.8. The van der Waals surface area contributed by atoms with Crippen molar-refractivity contribution in [2.45, 2.75) is 19.8 Å². The largest absolute Gasteiger partial charge is 0.309 e. The van der Waals surface area contributed by atoms with Crippen molar-refractivity contribution >= 4 is 45.2 Å². The summed E-state index contributed by atoms with van der Waals surface area (Å²) >= 11 is 0. The third-order valence-corrected chi connectivity index (χ3v) is 9.96. The number of rotatable bonds is 5. The summed E-state index contributed by atoms with van der Waals surface area (Å²) in [5, 5.41) is 32.4. The van der Waals surface area contributed by atoms with E-state index in [4.69, 9.17) is 6.42 Å². The lowest BCUT2D eigenvalue weighted by Crippen LogP contribution is -2.07. The van der Waals surface area contributed by atoms with Crippen LogP contribution in [0.2, 0.25) is 0 Å². The highest BCUT2D eigenvalue weighted by atomic mass is 15.0. The normalized spacial score (nSPS) is 15.2. The van der Waals surface area contributed by atoms with Crippen molar-refractivity contribution in [2.75, 3.05) is 0 Å². The fourth-order valence-electron chi connectivity index (χ4n) is 7.68. The molecule has 0 aliphatic heterocycles. The van der Waals surface area contributed by atoms with Crippen molar-refractivity contribution in [1.82, 2.24) is 9.13 Å². The predicted molar refractivity (Wildman–Crippen MR) is 210 cm³/mol. The third kappa shape index (κ3) is 5.09. The number of terminal acetylenes is 1. The van der Waals surface area contributed by atoms with Gasteiger partial charge in [0, 0.05) is 34.0 Å². The summed E-state index contributed by atoms with van der Waals surface area (Å²) in [6.07, 6.45) is 21.6. The lowest BCUT2D eigenvalue weighted by atomic mass is 9.93. The molecule has 0 saturated carbocycles. The minimum atomic E-state index is -0.189. The Labute approximate surface area is 302 Å². The molecule has 8 rings (SSSR count). The van der Waals surface area contributed by atoms with Gasteiger partial charge < -0.3 is 9.13 Å². The van der Waals surface area contributed by atoms with Crippen LogP contribution in [-0.4, -0.2) is 9.13 Å². The van der Waals surface area contributed by atoms with Crippen LogP contribution in [0, 0.1) is 52.3 Å². The van der Waals surface area contributed by atoms with E-state index in [0.717, 1.165) is 72.3 Å². The van der Waals surface area contributed by atoms with Crippen LogP contribution in [0.25, 0.3) is 62.0 Å². The van der Waals surface area contributed by atoms with Crippen molar-refractivity contribution in [3.05, 3.63) is 161 Å². The number of allylic oxidation sites excluding steroid dienone is 8.